The van der Waals surface area contributed by atoms with Gasteiger partial charge in [0.15, 0.2) is 0 Å². The molecule has 1 aromatic rings. The maximum absolute atomic E-state index is 3.34. The summed E-state index contributed by atoms with van der Waals surface area (Å²) in [6.45, 7) is 4.59. The van der Waals surface area contributed by atoms with E-state index >= 15 is 0 Å². The van der Waals surface area contributed by atoms with Crippen LogP contribution in [0.4, 0.5) is 0 Å². The minimum atomic E-state index is 0.591. The van der Waals surface area contributed by atoms with E-state index in [1.165, 1.54) is 31.2 Å². The minimum Gasteiger partial charge on any atom is -0.317 e. The van der Waals surface area contributed by atoms with Crippen LogP contribution in [-0.4, -0.2) is 13.1 Å². The lowest BCUT2D eigenvalue weighted by Crippen LogP contribution is -2.29. The zero-order chi connectivity index (χ0) is 11.5. The molecule has 0 heterocycles. The van der Waals surface area contributed by atoms with Crippen molar-refractivity contribution in [2.45, 2.75) is 45.6 Å². The smallest absolute Gasteiger partial charge is 0.00645 e. The molecular weight excluding hydrogens is 194 g/mol. The predicted molar refractivity (Wildman–Crippen MR) is 69.9 cm³/mol. The van der Waals surface area contributed by atoms with Crippen molar-refractivity contribution in [2.24, 2.45) is 5.92 Å². The summed E-state index contributed by atoms with van der Waals surface area (Å²) in [6, 6.07) is 7.69. The molecule has 0 bridgehead atoms. The van der Waals surface area contributed by atoms with Crippen molar-refractivity contribution < 1.29 is 0 Å². The molecule has 2 unspecified atom stereocenters. The summed E-state index contributed by atoms with van der Waals surface area (Å²) in [4.78, 5) is 0. The van der Waals surface area contributed by atoms with Crippen LogP contribution < -0.4 is 5.32 Å². The molecule has 88 valence electrons. The van der Waals surface area contributed by atoms with E-state index in [4.69, 9.17) is 0 Å². The number of hydrogen-bond acceptors (Lipinski definition) is 1. The third-order valence-electron chi connectivity index (χ3n) is 4.03. The highest BCUT2D eigenvalue weighted by atomic mass is 14.9. The van der Waals surface area contributed by atoms with Crippen molar-refractivity contribution in [1.29, 1.82) is 0 Å². The maximum Gasteiger partial charge on any atom is 0.00645 e. The zero-order valence-electron chi connectivity index (χ0n) is 10.7. The second-order valence-electron chi connectivity index (χ2n) is 5.22. The first kappa shape index (κ1) is 11.7. The Morgan fingerprint density at radius 3 is 2.69 bits per heavy atom. The highest BCUT2D eigenvalue weighted by Crippen LogP contribution is 2.24. The summed E-state index contributed by atoms with van der Waals surface area (Å²) in [5.41, 5.74) is 4.69. The van der Waals surface area contributed by atoms with E-state index in [-0.39, 0.29) is 0 Å². The van der Waals surface area contributed by atoms with Gasteiger partial charge in [0.25, 0.3) is 0 Å². The molecule has 2 atom stereocenters. The van der Waals surface area contributed by atoms with Crippen molar-refractivity contribution in [3.05, 3.63) is 34.9 Å². The number of aryl methyl sites for hydroxylation is 2. The first-order valence-electron chi connectivity index (χ1n) is 6.48. The second kappa shape index (κ2) is 5.01. The van der Waals surface area contributed by atoms with E-state index in [0.717, 1.165) is 0 Å². The monoisotopic (exact) mass is 217 g/mol. The number of rotatable bonds is 4. The van der Waals surface area contributed by atoms with Gasteiger partial charge in [-0.3, -0.25) is 0 Å². The van der Waals surface area contributed by atoms with Gasteiger partial charge in [0, 0.05) is 6.04 Å². The van der Waals surface area contributed by atoms with Crippen molar-refractivity contribution >= 4 is 0 Å². The summed E-state index contributed by atoms with van der Waals surface area (Å²) in [5.74, 6) is 0.699. The van der Waals surface area contributed by atoms with Crippen LogP contribution in [0.25, 0.3) is 0 Å². The molecule has 1 aliphatic carbocycles. The van der Waals surface area contributed by atoms with E-state index in [0.29, 0.717) is 12.0 Å². The van der Waals surface area contributed by atoms with E-state index in [2.05, 4.69) is 37.4 Å². The summed E-state index contributed by atoms with van der Waals surface area (Å²) >= 11 is 0. The van der Waals surface area contributed by atoms with Gasteiger partial charge in [-0.1, -0.05) is 25.1 Å². The molecule has 0 saturated carbocycles. The van der Waals surface area contributed by atoms with Crippen molar-refractivity contribution in [2.75, 3.05) is 7.05 Å². The Morgan fingerprint density at radius 1 is 1.19 bits per heavy atom. The maximum atomic E-state index is 3.34. The molecule has 1 aromatic carbocycles. The zero-order valence-corrected chi connectivity index (χ0v) is 10.7. The van der Waals surface area contributed by atoms with Gasteiger partial charge in [0.2, 0.25) is 0 Å². The van der Waals surface area contributed by atoms with Gasteiger partial charge in [0.1, 0.15) is 0 Å². The molecule has 0 saturated heterocycles. The number of nitrogens with one attached hydrogen (secondary N) is 1. The molecule has 1 nitrogen and oxygen atoms in total. The number of hydrogen-bond donors (Lipinski definition) is 1. The van der Waals surface area contributed by atoms with Gasteiger partial charge in [-0.05, 0) is 62.3 Å². The number of fused-ring (bicyclic) bond motifs is 1. The molecule has 0 aromatic heterocycles. The first-order chi connectivity index (χ1) is 7.70. The highest BCUT2D eigenvalue weighted by molar-refractivity contribution is 5.35. The lowest BCUT2D eigenvalue weighted by Gasteiger charge is -2.19. The molecule has 1 heteroatoms. The van der Waals surface area contributed by atoms with Gasteiger partial charge in [-0.25, -0.2) is 0 Å². The Hall–Kier alpha value is -0.820. The highest BCUT2D eigenvalue weighted by Gasteiger charge is 2.14. The van der Waals surface area contributed by atoms with Crippen LogP contribution in [0.5, 0.6) is 0 Å². The third-order valence-corrected chi connectivity index (χ3v) is 4.03. The van der Waals surface area contributed by atoms with Gasteiger partial charge in [-0.2, -0.15) is 0 Å². The van der Waals surface area contributed by atoms with E-state index in [9.17, 15) is 0 Å². The van der Waals surface area contributed by atoms with Crippen LogP contribution in [0.1, 0.15) is 37.0 Å². The van der Waals surface area contributed by atoms with Gasteiger partial charge in [-0.15, -0.1) is 0 Å². The Balaban J connectivity index is 2.05. The molecule has 0 radical (unpaired) electrons. The molecule has 0 aliphatic heterocycles. The molecule has 16 heavy (non-hydrogen) atoms. The molecule has 1 N–H and O–H groups in total. The largest absolute Gasteiger partial charge is 0.317 e. The molecular formula is C15H23N. The minimum absolute atomic E-state index is 0.591. The van der Waals surface area contributed by atoms with Gasteiger partial charge in [0.05, 0.1) is 0 Å². The van der Waals surface area contributed by atoms with Gasteiger partial charge >= 0.3 is 0 Å². The van der Waals surface area contributed by atoms with Gasteiger partial charge < -0.3 is 5.32 Å². The summed E-state index contributed by atoms with van der Waals surface area (Å²) in [7, 11) is 2.05. The fraction of sp³-hybridized carbons (Fsp3) is 0.600. The van der Waals surface area contributed by atoms with Crippen LogP contribution in [0.2, 0.25) is 0 Å². The molecule has 2 rings (SSSR count). The Labute approximate surface area is 99.3 Å². The van der Waals surface area contributed by atoms with E-state index in [1.807, 2.05) is 7.05 Å². The number of benzene rings is 1. The molecule has 0 amide bonds. The average molecular weight is 217 g/mol. The summed E-state index contributed by atoms with van der Waals surface area (Å²) < 4.78 is 0. The SMILES string of the molecule is CNC(C)C(C)Cc1ccc2c(c1)CCC2. The second-order valence-corrected chi connectivity index (χ2v) is 5.22. The lowest BCUT2D eigenvalue weighted by atomic mass is 9.93. The fourth-order valence-corrected chi connectivity index (χ4v) is 2.59. The average Bonchev–Trinajstić information content (AvgIpc) is 2.75. The standard InChI is InChI=1S/C15H23N/c1-11(12(2)16-3)9-13-7-8-14-5-4-6-15(14)10-13/h7-8,10-12,16H,4-6,9H2,1-3H3. The van der Waals surface area contributed by atoms with Crippen molar-refractivity contribution in [3.8, 4) is 0 Å². The molecule has 0 spiro atoms. The summed E-state index contributed by atoms with van der Waals surface area (Å²) in [6.07, 6.45) is 5.12. The Morgan fingerprint density at radius 2 is 1.94 bits per heavy atom. The van der Waals surface area contributed by atoms with Crippen molar-refractivity contribution in [3.63, 3.8) is 0 Å². The van der Waals surface area contributed by atoms with Crippen LogP contribution in [0.3, 0.4) is 0 Å². The van der Waals surface area contributed by atoms with Crippen LogP contribution in [-0.2, 0) is 19.3 Å². The quantitative estimate of drug-likeness (QED) is 0.817. The van der Waals surface area contributed by atoms with Crippen molar-refractivity contribution in [1.82, 2.24) is 5.32 Å². The third kappa shape index (κ3) is 2.46. The summed E-state index contributed by atoms with van der Waals surface area (Å²) in [5, 5.41) is 3.34. The van der Waals surface area contributed by atoms with Crippen LogP contribution in [0.15, 0.2) is 18.2 Å². The molecule has 1 aliphatic rings. The van der Waals surface area contributed by atoms with Crippen LogP contribution >= 0.6 is 0 Å². The first-order valence-corrected chi connectivity index (χ1v) is 6.48. The topological polar surface area (TPSA) is 12.0 Å². The normalized spacial score (nSPS) is 18.2. The Bertz CT molecular complexity index is 356. The van der Waals surface area contributed by atoms with E-state index in [1.54, 1.807) is 11.1 Å². The fourth-order valence-electron chi connectivity index (χ4n) is 2.59. The molecule has 0 fully saturated rings. The lowest BCUT2D eigenvalue weighted by molar-refractivity contribution is 0.424. The predicted octanol–water partition coefficient (Wildman–Crippen LogP) is 2.96. The van der Waals surface area contributed by atoms with Crippen LogP contribution in [0, 0.1) is 5.92 Å². The Kier molecular flexibility index (Phi) is 3.65. The van der Waals surface area contributed by atoms with E-state index < -0.39 is 0 Å².